The summed E-state index contributed by atoms with van der Waals surface area (Å²) < 4.78 is 52.0. The standard InChI is InChI=1S/C27H43F3O4/c1-16-15-26(32,27(28,29)30)34-21-14-20-18(8-7-13-25(20,5)23(16)21)11-12-19-9-6-10-22(24(19,3)4)33-17(2)31/h16,18-23,32H,6-15H2,1-5H3/t16-,18?,19?,20?,21?,22+,23?,25+,26?/m1/s1. The summed E-state index contributed by atoms with van der Waals surface area (Å²) in [5.41, 5.74) is -0.116. The van der Waals surface area contributed by atoms with Gasteiger partial charge in [-0.1, -0.05) is 40.5 Å². The normalized spacial score (nSPS) is 46.4. The summed E-state index contributed by atoms with van der Waals surface area (Å²) in [6.45, 7) is 10.0. The highest BCUT2D eigenvalue weighted by molar-refractivity contribution is 5.66. The molecule has 0 radical (unpaired) electrons. The SMILES string of the molecule is CC(=O)O[C@H]1CCCC(CCC2CCC[C@@]3(C)C2CC2OC(O)(C(F)(F)F)C[C@@H](C)C23)C1(C)C. The third-order valence-corrected chi connectivity index (χ3v) is 10.5. The summed E-state index contributed by atoms with van der Waals surface area (Å²) in [6.07, 6.45) is 3.31. The van der Waals surface area contributed by atoms with Crippen LogP contribution in [0.1, 0.15) is 98.8 Å². The molecule has 1 saturated heterocycles. The lowest BCUT2D eigenvalue weighted by Gasteiger charge is -2.51. The van der Waals surface area contributed by atoms with E-state index in [4.69, 9.17) is 9.47 Å². The smallest absolute Gasteiger partial charge is 0.443 e. The van der Waals surface area contributed by atoms with Gasteiger partial charge in [-0.15, -0.1) is 0 Å². The van der Waals surface area contributed by atoms with Crippen LogP contribution >= 0.6 is 0 Å². The third kappa shape index (κ3) is 4.42. The van der Waals surface area contributed by atoms with Gasteiger partial charge in [-0.2, -0.15) is 13.2 Å². The molecule has 4 nitrogen and oxygen atoms in total. The van der Waals surface area contributed by atoms with Crippen molar-refractivity contribution in [2.24, 2.45) is 40.4 Å². The molecular weight excluding hydrogens is 445 g/mol. The Labute approximate surface area is 202 Å². The van der Waals surface area contributed by atoms with Crippen molar-refractivity contribution in [2.45, 2.75) is 123 Å². The van der Waals surface area contributed by atoms with Crippen molar-refractivity contribution in [1.82, 2.24) is 0 Å². The van der Waals surface area contributed by atoms with Gasteiger partial charge in [-0.05, 0) is 80.0 Å². The zero-order valence-electron chi connectivity index (χ0n) is 21.4. The fraction of sp³-hybridized carbons (Fsp3) is 0.963. The quantitative estimate of drug-likeness (QED) is 0.451. The predicted octanol–water partition coefficient (Wildman–Crippen LogP) is 6.64. The second-order valence-corrected chi connectivity index (χ2v) is 12.8. The van der Waals surface area contributed by atoms with Gasteiger partial charge >= 0.3 is 12.1 Å². The van der Waals surface area contributed by atoms with Crippen LogP contribution in [-0.2, 0) is 14.3 Å². The average molecular weight is 489 g/mol. The lowest BCUT2D eigenvalue weighted by Crippen LogP contribution is -2.57. The maximum atomic E-state index is 13.6. The summed E-state index contributed by atoms with van der Waals surface area (Å²) >= 11 is 0. The molecule has 0 amide bonds. The van der Waals surface area contributed by atoms with Crippen molar-refractivity contribution in [3.8, 4) is 0 Å². The fourth-order valence-electron chi connectivity index (χ4n) is 8.79. The van der Waals surface area contributed by atoms with Crippen LogP contribution in [-0.4, -0.2) is 35.2 Å². The zero-order valence-corrected chi connectivity index (χ0v) is 21.4. The van der Waals surface area contributed by atoms with Crippen LogP contribution in [0, 0.1) is 40.4 Å². The van der Waals surface area contributed by atoms with E-state index < -0.39 is 18.1 Å². The predicted molar refractivity (Wildman–Crippen MR) is 123 cm³/mol. The monoisotopic (exact) mass is 488 g/mol. The zero-order chi connectivity index (χ0) is 25.1. The molecule has 1 N–H and O–H groups in total. The van der Waals surface area contributed by atoms with Crippen LogP contribution in [0.4, 0.5) is 13.2 Å². The van der Waals surface area contributed by atoms with Crippen molar-refractivity contribution in [2.75, 3.05) is 0 Å². The molecular formula is C27H43F3O4. The number of hydrogen-bond acceptors (Lipinski definition) is 4. The lowest BCUT2D eigenvalue weighted by molar-refractivity contribution is -0.401. The molecule has 9 atom stereocenters. The van der Waals surface area contributed by atoms with Crippen molar-refractivity contribution in [3.63, 3.8) is 0 Å². The van der Waals surface area contributed by atoms with E-state index in [0.717, 1.165) is 51.4 Å². The van der Waals surface area contributed by atoms with Gasteiger partial charge < -0.3 is 14.6 Å². The first-order valence-corrected chi connectivity index (χ1v) is 13.3. The number of fused-ring (bicyclic) bond motifs is 3. The van der Waals surface area contributed by atoms with Gasteiger partial charge in [-0.3, -0.25) is 4.79 Å². The number of ether oxygens (including phenoxy) is 2. The first-order valence-electron chi connectivity index (χ1n) is 13.3. The number of hydrogen-bond donors (Lipinski definition) is 1. The maximum Gasteiger partial charge on any atom is 0.443 e. The van der Waals surface area contributed by atoms with Gasteiger partial charge in [0.1, 0.15) is 6.10 Å². The molecule has 0 spiro atoms. The average Bonchev–Trinajstić information content (AvgIpc) is 3.00. The number of halogens is 3. The molecule has 3 aliphatic carbocycles. The van der Waals surface area contributed by atoms with E-state index in [0.29, 0.717) is 24.2 Å². The number of esters is 1. The first kappa shape index (κ1) is 26.2. The van der Waals surface area contributed by atoms with Crippen molar-refractivity contribution in [3.05, 3.63) is 0 Å². The molecule has 1 aliphatic heterocycles. The minimum atomic E-state index is -4.77. The molecule has 4 fully saturated rings. The molecule has 7 heteroatoms. The summed E-state index contributed by atoms with van der Waals surface area (Å²) in [7, 11) is 0. The second-order valence-electron chi connectivity index (χ2n) is 12.8. The highest BCUT2D eigenvalue weighted by atomic mass is 19.4. The van der Waals surface area contributed by atoms with Gasteiger partial charge in [0.05, 0.1) is 6.10 Å². The first-order chi connectivity index (χ1) is 15.7. The van der Waals surface area contributed by atoms with Gasteiger partial charge in [0.2, 0.25) is 0 Å². The van der Waals surface area contributed by atoms with E-state index in [1.165, 1.54) is 6.92 Å². The van der Waals surface area contributed by atoms with Crippen LogP contribution in [0.25, 0.3) is 0 Å². The number of rotatable bonds is 4. The molecule has 1 heterocycles. The van der Waals surface area contributed by atoms with Crippen LogP contribution in [0.3, 0.4) is 0 Å². The molecule has 4 aliphatic rings. The Morgan fingerprint density at radius 3 is 2.47 bits per heavy atom. The Morgan fingerprint density at radius 2 is 1.82 bits per heavy atom. The molecule has 0 bridgehead atoms. The third-order valence-electron chi connectivity index (χ3n) is 10.5. The van der Waals surface area contributed by atoms with Gasteiger partial charge in [0, 0.05) is 18.8 Å². The Kier molecular flexibility index (Phi) is 6.90. The molecule has 0 aromatic rings. The van der Waals surface area contributed by atoms with Crippen LogP contribution in [0.5, 0.6) is 0 Å². The van der Waals surface area contributed by atoms with Crippen molar-refractivity contribution < 1.29 is 32.5 Å². The van der Waals surface area contributed by atoms with Crippen LogP contribution < -0.4 is 0 Å². The van der Waals surface area contributed by atoms with Crippen molar-refractivity contribution in [1.29, 1.82) is 0 Å². The van der Waals surface area contributed by atoms with Gasteiger partial charge in [0.15, 0.2) is 0 Å². The van der Waals surface area contributed by atoms with E-state index in [9.17, 15) is 23.1 Å². The highest BCUT2D eigenvalue weighted by Gasteiger charge is 2.67. The molecule has 6 unspecified atom stereocenters. The van der Waals surface area contributed by atoms with E-state index in [-0.39, 0.29) is 41.2 Å². The van der Waals surface area contributed by atoms with Gasteiger partial charge in [0.25, 0.3) is 5.79 Å². The Hall–Kier alpha value is -0.820. The van der Waals surface area contributed by atoms with Crippen LogP contribution in [0.2, 0.25) is 0 Å². The van der Waals surface area contributed by atoms with E-state index in [1.807, 2.05) is 6.92 Å². The number of carbonyl (C=O) groups excluding carboxylic acids is 1. The summed E-state index contributed by atoms with van der Waals surface area (Å²) in [4.78, 5) is 11.6. The molecule has 0 aromatic heterocycles. The highest BCUT2D eigenvalue weighted by Crippen LogP contribution is 2.64. The Balaban J connectivity index is 1.47. The molecule has 4 rings (SSSR count). The Bertz CT molecular complexity index is 767. The summed E-state index contributed by atoms with van der Waals surface area (Å²) in [5, 5.41) is 10.3. The van der Waals surface area contributed by atoms with E-state index >= 15 is 0 Å². The lowest BCUT2D eigenvalue weighted by atomic mass is 9.57. The van der Waals surface area contributed by atoms with E-state index in [2.05, 4.69) is 20.8 Å². The molecule has 34 heavy (non-hydrogen) atoms. The fourth-order valence-corrected chi connectivity index (χ4v) is 8.79. The summed E-state index contributed by atoms with van der Waals surface area (Å²) in [5.74, 6) is -2.17. The van der Waals surface area contributed by atoms with E-state index in [1.54, 1.807) is 0 Å². The van der Waals surface area contributed by atoms with Crippen LogP contribution in [0.15, 0.2) is 0 Å². The van der Waals surface area contributed by atoms with Gasteiger partial charge in [-0.25, -0.2) is 0 Å². The second kappa shape index (κ2) is 8.93. The van der Waals surface area contributed by atoms with Crippen molar-refractivity contribution >= 4 is 5.97 Å². The minimum absolute atomic E-state index is 0.0394. The Morgan fingerprint density at radius 1 is 1.12 bits per heavy atom. The molecule has 0 aromatic carbocycles. The minimum Gasteiger partial charge on any atom is -0.462 e. The largest absolute Gasteiger partial charge is 0.462 e. The number of alkyl halides is 3. The number of aliphatic hydroxyl groups is 1. The molecule has 196 valence electrons. The number of carbonyl (C=O) groups is 1. The molecule has 3 saturated carbocycles. The summed E-state index contributed by atoms with van der Waals surface area (Å²) in [6, 6.07) is 0. The topological polar surface area (TPSA) is 55.8 Å². The maximum absolute atomic E-state index is 13.6.